The molecule has 0 saturated carbocycles. The molecule has 1 aromatic heterocycles. The summed E-state index contributed by atoms with van der Waals surface area (Å²) in [5.41, 5.74) is 3.37. The molecule has 2 aromatic carbocycles. The van der Waals surface area contributed by atoms with Gasteiger partial charge < -0.3 is 9.80 Å². The summed E-state index contributed by atoms with van der Waals surface area (Å²) >= 11 is 0. The van der Waals surface area contributed by atoms with Crippen molar-refractivity contribution in [1.29, 1.82) is 0 Å². The van der Waals surface area contributed by atoms with Crippen LogP contribution in [0, 0.1) is 0 Å². The van der Waals surface area contributed by atoms with E-state index in [2.05, 4.69) is 27.2 Å². The monoisotopic (exact) mass is 344 g/mol. The summed E-state index contributed by atoms with van der Waals surface area (Å²) in [6, 6.07) is 23.8. The Kier molecular flexibility index (Phi) is 4.60. The standard InChI is InChI=1S/C21H20N4O/c26-21(20-12-11-19(22-23-20)17-7-3-1-4-8-17)25-15-13-24(14-16-25)18-9-5-2-6-10-18/h1-12H,13-16H2. The molecule has 1 saturated heterocycles. The quantitative estimate of drug-likeness (QED) is 0.732. The number of carbonyl (C=O) groups excluding carboxylic acids is 1. The number of anilines is 1. The molecule has 0 N–H and O–H groups in total. The Morgan fingerprint density at radius 3 is 2.00 bits per heavy atom. The zero-order valence-electron chi connectivity index (χ0n) is 14.5. The summed E-state index contributed by atoms with van der Waals surface area (Å²) in [7, 11) is 0. The van der Waals surface area contributed by atoms with Crippen LogP contribution in [0.1, 0.15) is 10.5 Å². The van der Waals surface area contributed by atoms with Gasteiger partial charge in [-0.3, -0.25) is 4.79 Å². The number of aromatic nitrogens is 2. The van der Waals surface area contributed by atoms with Crippen LogP contribution in [0.4, 0.5) is 5.69 Å². The molecule has 0 aliphatic carbocycles. The van der Waals surface area contributed by atoms with Gasteiger partial charge in [0.05, 0.1) is 5.69 Å². The number of hydrogen-bond acceptors (Lipinski definition) is 4. The fourth-order valence-corrected chi connectivity index (χ4v) is 3.18. The SMILES string of the molecule is O=C(c1ccc(-c2ccccc2)nn1)N1CCN(c2ccccc2)CC1. The van der Waals surface area contributed by atoms with Gasteiger partial charge in [-0.2, -0.15) is 0 Å². The summed E-state index contributed by atoms with van der Waals surface area (Å²) in [6.07, 6.45) is 0. The van der Waals surface area contributed by atoms with E-state index in [1.54, 1.807) is 6.07 Å². The average molecular weight is 344 g/mol. The van der Waals surface area contributed by atoms with E-state index in [4.69, 9.17) is 0 Å². The smallest absolute Gasteiger partial charge is 0.274 e. The Labute approximate surface area is 152 Å². The lowest BCUT2D eigenvalue weighted by Gasteiger charge is -2.35. The van der Waals surface area contributed by atoms with Gasteiger partial charge in [0.25, 0.3) is 5.91 Å². The molecule has 0 bridgehead atoms. The summed E-state index contributed by atoms with van der Waals surface area (Å²) < 4.78 is 0. The first kappa shape index (κ1) is 16.3. The molecule has 130 valence electrons. The zero-order chi connectivity index (χ0) is 17.8. The van der Waals surface area contributed by atoms with Crippen molar-refractivity contribution in [2.75, 3.05) is 31.1 Å². The molecule has 2 heterocycles. The van der Waals surface area contributed by atoms with E-state index in [0.717, 1.165) is 24.3 Å². The number of carbonyl (C=O) groups is 1. The number of para-hydroxylation sites is 1. The van der Waals surface area contributed by atoms with E-state index in [1.165, 1.54) is 5.69 Å². The van der Waals surface area contributed by atoms with E-state index in [-0.39, 0.29) is 5.91 Å². The molecule has 0 atom stereocenters. The van der Waals surface area contributed by atoms with E-state index >= 15 is 0 Å². The molecule has 1 aliphatic rings. The summed E-state index contributed by atoms with van der Waals surface area (Å²) in [5, 5.41) is 8.37. The van der Waals surface area contributed by atoms with Crippen LogP contribution in [-0.2, 0) is 0 Å². The van der Waals surface area contributed by atoms with Crippen molar-refractivity contribution >= 4 is 11.6 Å². The second-order valence-electron chi connectivity index (χ2n) is 6.28. The Bertz CT molecular complexity index is 858. The summed E-state index contributed by atoms with van der Waals surface area (Å²) in [6.45, 7) is 3.03. The average Bonchev–Trinajstić information content (AvgIpc) is 2.75. The second-order valence-corrected chi connectivity index (χ2v) is 6.28. The van der Waals surface area contributed by atoms with Crippen LogP contribution in [0.25, 0.3) is 11.3 Å². The predicted octanol–water partition coefficient (Wildman–Crippen LogP) is 3.11. The van der Waals surface area contributed by atoms with E-state index in [9.17, 15) is 4.79 Å². The van der Waals surface area contributed by atoms with Crippen molar-refractivity contribution < 1.29 is 4.79 Å². The minimum absolute atomic E-state index is 0.0511. The molecule has 5 nitrogen and oxygen atoms in total. The highest BCUT2D eigenvalue weighted by Gasteiger charge is 2.23. The highest BCUT2D eigenvalue weighted by molar-refractivity contribution is 5.92. The van der Waals surface area contributed by atoms with Gasteiger partial charge in [0.1, 0.15) is 0 Å². The lowest BCUT2D eigenvalue weighted by atomic mass is 10.1. The Morgan fingerprint density at radius 1 is 0.731 bits per heavy atom. The van der Waals surface area contributed by atoms with Gasteiger partial charge in [0, 0.05) is 37.4 Å². The number of rotatable bonds is 3. The molecular formula is C21H20N4O. The largest absolute Gasteiger partial charge is 0.368 e. The molecule has 3 aromatic rings. The molecule has 0 spiro atoms. The van der Waals surface area contributed by atoms with Crippen LogP contribution in [-0.4, -0.2) is 47.2 Å². The fraction of sp³-hybridized carbons (Fsp3) is 0.190. The molecular weight excluding hydrogens is 324 g/mol. The van der Waals surface area contributed by atoms with E-state index in [1.807, 2.05) is 59.5 Å². The maximum absolute atomic E-state index is 12.7. The molecule has 0 radical (unpaired) electrons. The summed E-state index contributed by atoms with van der Waals surface area (Å²) in [4.78, 5) is 16.8. The van der Waals surface area contributed by atoms with E-state index < -0.39 is 0 Å². The lowest BCUT2D eigenvalue weighted by molar-refractivity contribution is 0.0739. The third-order valence-electron chi connectivity index (χ3n) is 4.64. The molecule has 1 amide bonds. The highest BCUT2D eigenvalue weighted by atomic mass is 16.2. The molecule has 1 aliphatic heterocycles. The maximum atomic E-state index is 12.7. The van der Waals surface area contributed by atoms with Crippen LogP contribution >= 0.6 is 0 Å². The van der Waals surface area contributed by atoms with Crippen LogP contribution in [0.3, 0.4) is 0 Å². The lowest BCUT2D eigenvalue weighted by Crippen LogP contribution is -2.49. The normalized spacial score (nSPS) is 14.3. The number of amides is 1. The van der Waals surface area contributed by atoms with Crippen molar-refractivity contribution in [3.63, 3.8) is 0 Å². The van der Waals surface area contributed by atoms with Gasteiger partial charge in [-0.05, 0) is 24.3 Å². The first-order valence-corrected chi connectivity index (χ1v) is 8.80. The Hall–Kier alpha value is -3.21. The van der Waals surface area contributed by atoms with Crippen LogP contribution in [0.5, 0.6) is 0 Å². The Balaban J connectivity index is 1.41. The highest BCUT2D eigenvalue weighted by Crippen LogP contribution is 2.18. The molecule has 1 fully saturated rings. The zero-order valence-corrected chi connectivity index (χ0v) is 14.5. The maximum Gasteiger partial charge on any atom is 0.274 e. The van der Waals surface area contributed by atoms with Crippen LogP contribution in [0.2, 0.25) is 0 Å². The minimum atomic E-state index is -0.0511. The Morgan fingerprint density at radius 2 is 1.38 bits per heavy atom. The minimum Gasteiger partial charge on any atom is -0.368 e. The van der Waals surface area contributed by atoms with Gasteiger partial charge in [0.15, 0.2) is 5.69 Å². The van der Waals surface area contributed by atoms with Gasteiger partial charge in [-0.25, -0.2) is 0 Å². The molecule has 0 unspecified atom stereocenters. The van der Waals surface area contributed by atoms with Crippen molar-refractivity contribution in [3.8, 4) is 11.3 Å². The summed E-state index contributed by atoms with van der Waals surface area (Å²) in [5.74, 6) is -0.0511. The third-order valence-corrected chi connectivity index (χ3v) is 4.64. The number of nitrogens with zero attached hydrogens (tertiary/aromatic N) is 4. The first-order chi connectivity index (χ1) is 12.8. The number of hydrogen-bond donors (Lipinski definition) is 0. The van der Waals surface area contributed by atoms with E-state index in [0.29, 0.717) is 18.8 Å². The van der Waals surface area contributed by atoms with Gasteiger partial charge in [0.2, 0.25) is 0 Å². The van der Waals surface area contributed by atoms with Crippen molar-refractivity contribution in [3.05, 3.63) is 78.5 Å². The molecule has 4 rings (SSSR count). The van der Waals surface area contributed by atoms with Gasteiger partial charge in [-0.15, -0.1) is 10.2 Å². The third kappa shape index (κ3) is 3.42. The van der Waals surface area contributed by atoms with Gasteiger partial charge >= 0.3 is 0 Å². The van der Waals surface area contributed by atoms with Crippen LogP contribution < -0.4 is 4.90 Å². The van der Waals surface area contributed by atoms with Crippen molar-refractivity contribution in [2.24, 2.45) is 0 Å². The molecule has 26 heavy (non-hydrogen) atoms. The topological polar surface area (TPSA) is 49.3 Å². The van der Waals surface area contributed by atoms with Crippen LogP contribution in [0.15, 0.2) is 72.8 Å². The first-order valence-electron chi connectivity index (χ1n) is 8.80. The predicted molar refractivity (Wildman–Crippen MR) is 102 cm³/mol. The molecule has 5 heteroatoms. The number of benzene rings is 2. The number of piperazine rings is 1. The fourth-order valence-electron chi connectivity index (χ4n) is 3.18. The van der Waals surface area contributed by atoms with Crippen molar-refractivity contribution in [1.82, 2.24) is 15.1 Å². The van der Waals surface area contributed by atoms with Crippen molar-refractivity contribution in [2.45, 2.75) is 0 Å². The second kappa shape index (κ2) is 7.35. The van der Waals surface area contributed by atoms with Gasteiger partial charge in [-0.1, -0.05) is 48.5 Å².